The van der Waals surface area contributed by atoms with Crippen molar-refractivity contribution < 1.29 is 24.2 Å². The molecule has 0 saturated carbocycles. The minimum atomic E-state index is 0.000252. The number of ether oxygens (including phenoxy) is 2. The van der Waals surface area contributed by atoms with Crippen LogP contribution in [0.15, 0.2) is 12.3 Å². The van der Waals surface area contributed by atoms with Crippen LogP contribution in [0.5, 0.6) is 0 Å². The maximum absolute atomic E-state index is 12.6. The Morgan fingerprint density at radius 1 is 0.431 bits per heavy atom. The number of hydrogen-bond acceptors (Lipinski definition) is 6. The lowest BCUT2D eigenvalue weighted by atomic mass is 9.95. The van der Waals surface area contributed by atoms with Gasteiger partial charge < -0.3 is 19.5 Å². The topological polar surface area (TPSA) is 76.1 Å². The van der Waals surface area contributed by atoms with Crippen molar-refractivity contribution in [3.05, 3.63) is 12.3 Å². The van der Waals surface area contributed by atoms with Crippen molar-refractivity contribution in [3.8, 4) is 0 Å². The van der Waals surface area contributed by atoms with Crippen LogP contribution in [0.3, 0.4) is 0 Å². The summed E-state index contributed by atoms with van der Waals surface area (Å²) in [4.78, 5) is 27.7. The first-order valence-corrected chi connectivity index (χ1v) is 25.8. The second-order valence-electron chi connectivity index (χ2n) is 18.0. The first-order valence-electron chi connectivity index (χ1n) is 25.8. The monoisotopic (exact) mass is 820 g/mol. The van der Waals surface area contributed by atoms with Gasteiger partial charge in [0.2, 0.25) is 0 Å². The molecular weight excluding hydrogens is 719 g/mol. The molecule has 58 heavy (non-hydrogen) atoms. The molecule has 0 aliphatic heterocycles. The van der Waals surface area contributed by atoms with Crippen LogP contribution in [-0.2, 0) is 19.1 Å². The summed E-state index contributed by atoms with van der Waals surface area (Å²) < 4.78 is 11.6. The first kappa shape index (κ1) is 56.4. The lowest BCUT2D eigenvalue weighted by Gasteiger charge is -2.21. The van der Waals surface area contributed by atoms with Gasteiger partial charge in [-0.15, -0.1) is 0 Å². The minimum absolute atomic E-state index is 0.000252. The molecule has 0 amide bonds. The molecule has 0 radical (unpaired) electrons. The fourth-order valence-corrected chi connectivity index (χ4v) is 8.27. The predicted molar refractivity (Wildman–Crippen MR) is 251 cm³/mol. The van der Waals surface area contributed by atoms with E-state index in [1.807, 2.05) is 6.08 Å². The molecular formula is C52H101NO5. The van der Waals surface area contributed by atoms with E-state index in [4.69, 9.17) is 14.6 Å². The summed E-state index contributed by atoms with van der Waals surface area (Å²) in [6.07, 6.45) is 47.0. The van der Waals surface area contributed by atoms with E-state index in [1.54, 1.807) is 0 Å². The van der Waals surface area contributed by atoms with E-state index in [1.165, 1.54) is 186 Å². The Balaban J connectivity index is 4.23. The van der Waals surface area contributed by atoms with Gasteiger partial charge in [0.1, 0.15) is 0 Å². The molecule has 0 aromatic rings. The average Bonchev–Trinajstić information content (AvgIpc) is 3.22. The third-order valence-electron chi connectivity index (χ3n) is 12.3. The first-order chi connectivity index (χ1) is 28.5. The highest BCUT2D eigenvalue weighted by molar-refractivity contribution is 5.69. The molecule has 6 heteroatoms. The van der Waals surface area contributed by atoms with Gasteiger partial charge in [-0.25, -0.2) is 0 Å². The molecule has 0 fully saturated rings. The number of aliphatic hydroxyl groups is 1. The van der Waals surface area contributed by atoms with E-state index >= 15 is 0 Å². The second-order valence-corrected chi connectivity index (χ2v) is 18.0. The van der Waals surface area contributed by atoms with Crippen molar-refractivity contribution in [2.45, 2.75) is 265 Å². The molecule has 0 bridgehead atoms. The van der Waals surface area contributed by atoms with Crippen LogP contribution in [0, 0.1) is 11.8 Å². The molecule has 344 valence electrons. The van der Waals surface area contributed by atoms with Crippen LogP contribution < -0.4 is 0 Å². The van der Waals surface area contributed by atoms with E-state index in [0.29, 0.717) is 37.9 Å². The van der Waals surface area contributed by atoms with Gasteiger partial charge in [-0.3, -0.25) is 9.59 Å². The Bertz CT molecular complexity index is 816. The second kappa shape index (κ2) is 46.5. The minimum Gasteiger partial charge on any atom is -0.516 e. The van der Waals surface area contributed by atoms with Crippen LogP contribution in [0.1, 0.15) is 265 Å². The number of carbonyl (C=O) groups excluding carboxylic acids is 2. The third-order valence-corrected chi connectivity index (χ3v) is 12.3. The Hall–Kier alpha value is -1.56. The lowest BCUT2D eigenvalue weighted by molar-refractivity contribution is -0.146. The molecule has 0 heterocycles. The summed E-state index contributed by atoms with van der Waals surface area (Å²) in [6, 6.07) is 0. The molecule has 1 N–H and O–H groups in total. The third kappa shape index (κ3) is 41.2. The number of aliphatic hydroxyl groups excluding tert-OH is 1. The molecule has 0 saturated heterocycles. The van der Waals surface area contributed by atoms with Crippen LogP contribution >= 0.6 is 0 Å². The largest absolute Gasteiger partial charge is 0.516 e. The summed E-state index contributed by atoms with van der Waals surface area (Å²) in [7, 11) is 0. The summed E-state index contributed by atoms with van der Waals surface area (Å²) in [5.41, 5.74) is 0. The van der Waals surface area contributed by atoms with E-state index in [-0.39, 0.29) is 11.9 Å². The van der Waals surface area contributed by atoms with E-state index < -0.39 is 0 Å². The Kier molecular flexibility index (Phi) is 45.3. The summed E-state index contributed by atoms with van der Waals surface area (Å²) in [6.45, 7) is 13.5. The molecule has 0 spiro atoms. The van der Waals surface area contributed by atoms with Crippen molar-refractivity contribution in [1.29, 1.82) is 0 Å². The smallest absolute Gasteiger partial charge is 0.305 e. The van der Waals surface area contributed by atoms with Crippen molar-refractivity contribution in [2.24, 2.45) is 11.8 Å². The zero-order valence-corrected chi connectivity index (χ0v) is 39.5. The highest BCUT2D eigenvalue weighted by Gasteiger charge is 2.14. The zero-order valence-electron chi connectivity index (χ0n) is 39.5. The molecule has 0 rings (SSSR count). The van der Waals surface area contributed by atoms with Crippen LogP contribution in [0.2, 0.25) is 0 Å². The number of rotatable bonds is 47. The number of nitrogens with zero attached hydrogens (tertiary/aromatic N) is 1. The standard InChI is InChI=1S/C52H101NO5/c1-5-9-13-17-21-29-39-49(37-27-15-11-7-3)47-57-51(55)41-31-23-19-25-33-43-53(45-35-36-46-54)44-34-26-20-24-32-42-52(56)58-48-50(38-28-16-12-8-4)40-30-22-18-14-10-6-2/h36,46,49-50,54H,5-35,37-45,47-48H2,1-4H3/b46-36+. The SMILES string of the molecule is CCCCCCCCC(CCCCCC)COC(=O)CCCCCCCN(CC/C=C/O)CCCCCCCC(=O)OCC(CCCCCC)CCCCCCCC. The van der Waals surface area contributed by atoms with Crippen LogP contribution in [-0.4, -0.2) is 54.8 Å². The Morgan fingerprint density at radius 2 is 0.741 bits per heavy atom. The molecule has 0 aliphatic rings. The number of hydrogen-bond donors (Lipinski definition) is 1. The maximum atomic E-state index is 12.6. The Morgan fingerprint density at radius 3 is 1.10 bits per heavy atom. The number of carbonyl (C=O) groups is 2. The molecule has 2 unspecified atom stereocenters. The fraction of sp³-hybridized carbons (Fsp3) is 0.923. The van der Waals surface area contributed by atoms with Gasteiger partial charge in [-0.05, 0) is 88.8 Å². The normalized spacial score (nSPS) is 12.8. The van der Waals surface area contributed by atoms with E-state index in [0.717, 1.165) is 64.6 Å². The van der Waals surface area contributed by atoms with Gasteiger partial charge in [-0.2, -0.15) is 0 Å². The van der Waals surface area contributed by atoms with Gasteiger partial charge >= 0.3 is 11.9 Å². The molecule has 0 aromatic carbocycles. The van der Waals surface area contributed by atoms with Gasteiger partial charge in [-0.1, -0.05) is 195 Å². The highest BCUT2D eigenvalue weighted by Crippen LogP contribution is 2.22. The summed E-state index contributed by atoms with van der Waals surface area (Å²) in [5.74, 6) is 1.07. The van der Waals surface area contributed by atoms with Gasteiger partial charge in [0, 0.05) is 19.4 Å². The van der Waals surface area contributed by atoms with Gasteiger partial charge in [0.25, 0.3) is 0 Å². The molecule has 6 nitrogen and oxygen atoms in total. The lowest BCUT2D eigenvalue weighted by Crippen LogP contribution is -2.27. The van der Waals surface area contributed by atoms with Crippen molar-refractivity contribution in [2.75, 3.05) is 32.8 Å². The number of unbranched alkanes of at least 4 members (excludes halogenated alkanes) is 24. The Labute approximate surface area is 362 Å². The summed E-state index contributed by atoms with van der Waals surface area (Å²) >= 11 is 0. The van der Waals surface area contributed by atoms with E-state index in [2.05, 4.69) is 32.6 Å². The van der Waals surface area contributed by atoms with Crippen LogP contribution in [0.4, 0.5) is 0 Å². The average molecular weight is 820 g/mol. The van der Waals surface area contributed by atoms with Gasteiger partial charge in [0.15, 0.2) is 0 Å². The number of esters is 2. The summed E-state index contributed by atoms with van der Waals surface area (Å²) in [5, 5.41) is 9.15. The van der Waals surface area contributed by atoms with Crippen molar-refractivity contribution in [1.82, 2.24) is 4.90 Å². The fourth-order valence-electron chi connectivity index (χ4n) is 8.27. The quantitative estimate of drug-likeness (QED) is 0.0374. The highest BCUT2D eigenvalue weighted by atomic mass is 16.5. The van der Waals surface area contributed by atoms with Crippen molar-refractivity contribution in [3.63, 3.8) is 0 Å². The molecule has 2 atom stereocenters. The maximum Gasteiger partial charge on any atom is 0.305 e. The van der Waals surface area contributed by atoms with Crippen LogP contribution in [0.25, 0.3) is 0 Å². The molecule has 0 aliphatic carbocycles. The van der Waals surface area contributed by atoms with E-state index in [9.17, 15) is 9.59 Å². The van der Waals surface area contributed by atoms with Crippen molar-refractivity contribution >= 4 is 11.9 Å². The zero-order chi connectivity index (χ0) is 42.4. The predicted octanol–water partition coefficient (Wildman–Crippen LogP) is 16.2. The molecule has 0 aromatic heterocycles. The van der Waals surface area contributed by atoms with Gasteiger partial charge in [0.05, 0.1) is 19.5 Å².